The van der Waals surface area contributed by atoms with Crippen LogP contribution in [0.3, 0.4) is 0 Å². The fourth-order valence-electron chi connectivity index (χ4n) is 2.87. The molecule has 6 nitrogen and oxygen atoms in total. The van der Waals surface area contributed by atoms with Crippen molar-refractivity contribution in [2.45, 2.75) is 38.7 Å². The van der Waals surface area contributed by atoms with E-state index in [1.54, 1.807) is 6.07 Å². The highest BCUT2D eigenvalue weighted by molar-refractivity contribution is 5.93. The van der Waals surface area contributed by atoms with Crippen molar-refractivity contribution in [3.8, 4) is 0 Å². The molecule has 1 N–H and O–H groups in total. The van der Waals surface area contributed by atoms with E-state index in [1.807, 2.05) is 11.8 Å². The molecule has 0 aromatic carbocycles. The molecule has 2 aliphatic heterocycles. The van der Waals surface area contributed by atoms with Crippen molar-refractivity contribution in [2.75, 3.05) is 31.6 Å². The van der Waals surface area contributed by atoms with Gasteiger partial charge in [0.1, 0.15) is 17.3 Å². The number of aromatic nitrogens is 2. The van der Waals surface area contributed by atoms with Gasteiger partial charge >= 0.3 is 0 Å². The smallest absolute Gasteiger partial charge is 0.272 e. The molecule has 1 atom stereocenters. The molecular weight excluding hydrogens is 268 g/mol. The van der Waals surface area contributed by atoms with E-state index in [0.29, 0.717) is 17.3 Å². The first-order chi connectivity index (χ1) is 10.2. The number of hydrogen-bond acceptors (Lipinski definition) is 5. The van der Waals surface area contributed by atoms with Gasteiger partial charge in [-0.3, -0.25) is 4.79 Å². The van der Waals surface area contributed by atoms with Gasteiger partial charge in [-0.05, 0) is 32.6 Å². The monoisotopic (exact) mass is 290 g/mol. The topological polar surface area (TPSA) is 67.4 Å². The summed E-state index contributed by atoms with van der Waals surface area (Å²) < 4.78 is 5.58. The van der Waals surface area contributed by atoms with E-state index >= 15 is 0 Å². The van der Waals surface area contributed by atoms with Crippen LogP contribution in [0.2, 0.25) is 0 Å². The first-order valence-electron chi connectivity index (χ1n) is 7.73. The molecule has 1 aromatic heterocycles. The van der Waals surface area contributed by atoms with E-state index in [9.17, 15) is 4.79 Å². The number of amides is 1. The van der Waals surface area contributed by atoms with Crippen LogP contribution in [0, 0.1) is 6.92 Å². The fraction of sp³-hybridized carbons (Fsp3) is 0.667. The molecule has 3 heterocycles. The largest absolute Gasteiger partial charge is 0.376 e. The maximum absolute atomic E-state index is 12.4. The lowest BCUT2D eigenvalue weighted by molar-refractivity contribution is 0.0786. The van der Waals surface area contributed by atoms with Crippen LogP contribution in [0.5, 0.6) is 0 Å². The Kier molecular flexibility index (Phi) is 4.34. The number of nitrogens with one attached hydrogen (secondary N) is 1. The summed E-state index contributed by atoms with van der Waals surface area (Å²) in [7, 11) is 0. The fourth-order valence-corrected chi connectivity index (χ4v) is 2.87. The van der Waals surface area contributed by atoms with Crippen LogP contribution in [0.15, 0.2) is 6.07 Å². The highest BCUT2D eigenvalue weighted by Crippen LogP contribution is 2.16. The summed E-state index contributed by atoms with van der Waals surface area (Å²) in [5.74, 6) is 1.34. The second-order valence-corrected chi connectivity index (χ2v) is 5.70. The maximum atomic E-state index is 12.4. The molecule has 1 amide bonds. The summed E-state index contributed by atoms with van der Waals surface area (Å²) in [4.78, 5) is 22.9. The lowest BCUT2D eigenvalue weighted by Gasteiger charge is -2.16. The second kappa shape index (κ2) is 6.39. The van der Waals surface area contributed by atoms with Crippen LogP contribution in [0.1, 0.15) is 42.0 Å². The number of anilines is 1. The van der Waals surface area contributed by atoms with E-state index in [2.05, 4.69) is 15.3 Å². The third-order valence-electron chi connectivity index (χ3n) is 3.99. The number of hydrogen-bond donors (Lipinski definition) is 1. The van der Waals surface area contributed by atoms with E-state index in [0.717, 1.165) is 51.9 Å². The van der Waals surface area contributed by atoms with Gasteiger partial charge in [-0.2, -0.15) is 0 Å². The first kappa shape index (κ1) is 14.3. The SMILES string of the molecule is Cc1nc(NC[C@@H]2CCCO2)cc(C(=O)N2CCCC2)n1. The summed E-state index contributed by atoms with van der Waals surface area (Å²) >= 11 is 0. The van der Waals surface area contributed by atoms with Gasteiger partial charge in [-0.25, -0.2) is 9.97 Å². The summed E-state index contributed by atoms with van der Waals surface area (Å²) in [6.07, 6.45) is 4.61. The molecule has 0 bridgehead atoms. The minimum atomic E-state index is 0.0122. The molecule has 1 aromatic rings. The molecule has 114 valence electrons. The quantitative estimate of drug-likeness (QED) is 0.912. The minimum Gasteiger partial charge on any atom is -0.376 e. The van der Waals surface area contributed by atoms with E-state index in [4.69, 9.17) is 4.74 Å². The van der Waals surface area contributed by atoms with E-state index in [-0.39, 0.29) is 12.0 Å². The average molecular weight is 290 g/mol. The summed E-state index contributed by atoms with van der Waals surface area (Å²) in [5, 5.41) is 3.27. The molecule has 2 fully saturated rings. The zero-order chi connectivity index (χ0) is 14.7. The molecule has 2 saturated heterocycles. The van der Waals surface area contributed by atoms with Crippen LogP contribution < -0.4 is 5.32 Å². The third-order valence-corrected chi connectivity index (χ3v) is 3.99. The Morgan fingerprint density at radius 3 is 2.90 bits per heavy atom. The molecule has 0 saturated carbocycles. The lowest BCUT2D eigenvalue weighted by Crippen LogP contribution is -2.29. The van der Waals surface area contributed by atoms with Crippen molar-refractivity contribution in [3.63, 3.8) is 0 Å². The van der Waals surface area contributed by atoms with E-state index < -0.39 is 0 Å². The summed E-state index contributed by atoms with van der Waals surface area (Å²) in [6, 6.07) is 1.75. The predicted molar refractivity (Wildman–Crippen MR) is 79.4 cm³/mol. The van der Waals surface area contributed by atoms with Crippen molar-refractivity contribution in [3.05, 3.63) is 17.6 Å². The predicted octanol–water partition coefficient (Wildman–Crippen LogP) is 1.61. The zero-order valence-corrected chi connectivity index (χ0v) is 12.5. The van der Waals surface area contributed by atoms with Crippen LogP contribution in [0.25, 0.3) is 0 Å². The molecular formula is C15H22N4O2. The highest BCUT2D eigenvalue weighted by atomic mass is 16.5. The lowest BCUT2D eigenvalue weighted by atomic mass is 10.2. The molecule has 21 heavy (non-hydrogen) atoms. The van der Waals surface area contributed by atoms with Gasteiger partial charge in [-0.15, -0.1) is 0 Å². The Balaban J connectivity index is 1.67. The van der Waals surface area contributed by atoms with Crippen LogP contribution in [-0.2, 0) is 4.74 Å². The summed E-state index contributed by atoms with van der Waals surface area (Å²) in [5.41, 5.74) is 0.485. The normalized spacial score (nSPS) is 21.8. The Hall–Kier alpha value is -1.69. The van der Waals surface area contributed by atoms with E-state index in [1.165, 1.54) is 0 Å². The first-order valence-corrected chi connectivity index (χ1v) is 7.73. The molecule has 0 radical (unpaired) electrons. The van der Waals surface area contributed by atoms with Crippen LogP contribution in [-0.4, -0.2) is 53.1 Å². The molecule has 3 rings (SSSR count). The van der Waals surface area contributed by atoms with Crippen molar-refractivity contribution < 1.29 is 9.53 Å². The van der Waals surface area contributed by atoms with Gasteiger partial charge < -0.3 is 15.0 Å². The zero-order valence-electron chi connectivity index (χ0n) is 12.5. The van der Waals surface area contributed by atoms with Crippen LogP contribution >= 0.6 is 0 Å². The van der Waals surface area contributed by atoms with Crippen molar-refractivity contribution in [1.82, 2.24) is 14.9 Å². The third kappa shape index (κ3) is 3.50. The number of carbonyl (C=O) groups excluding carboxylic acids is 1. The number of carbonyl (C=O) groups is 1. The number of nitrogens with zero attached hydrogens (tertiary/aromatic N) is 3. The number of likely N-dealkylation sites (tertiary alicyclic amines) is 1. The highest BCUT2D eigenvalue weighted by Gasteiger charge is 2.22. The van der Waals surface area contributed by atoms with Crippen molar-refractivity contribution in [1.29, 1.82) is 0 Å². The number of ether oxygens (including phenoxy) is 1. The van der Waals surface area contributed by atoms with Crippen LogP contribution in [0.4, 0.5) is 5.82 Å². The minimum absolute atomic E-state index is 0.0122. The number of rotatable bonds is 4. The Morgan fingerprint density at radius 1 is 1.38 bits per heavy atom. The van der Waals surface area contributed by atoms with Gasteiger partial charge in [0.05, 0.1) is 6.10 Å². The Bertz CT molecular complexity index is 508. The van der Waals surface area contributed by atoms with Gasteiger partial charge in [0.2, 0.25) is 0 Å². The Morgan fingerprint density at radius 2 is 2.19 bits per heavy atom. The molecule has 6 heteroatoms. The second-order valence-electron chi connectivity index (χ2n) is 5.70. The average Bonchev–Trinajstić information content (AvgIpc) is 3.17. The van der Waals surface area contributed by atoms with Gasteiger partial charge in [-0.1, -0.05) is 0 Å². The molecule has 0 unspecified atom stereocenters. The van der Waals surface area contributed by atoms with Crippen molar-refractivity contribution in [2.24, 2.45) is 0 Å². The van der Waals surface area contributed by atoms with Gasteiger partial charge in [0, 0.05) is 32.3 Å². The maximum Gasteiger partial charge on any atom is 0.272 e. The van der Waals surface area contributed by atoms with Crippen molar-refractivity contribution >= 4 is 11.7 Å². The van der Waals surface area contributed by atoms with Gasteiger partial charge in [0.25, 0.3) is 5.91 Å². The molecule has 0 aliphatic carbocycles. The number of aryl methyl sites for hydroxylation is 1. The molecule has 2 aliphatic rings. The summed E-state index contributed by atoms with van der Waals surface area (Å²) in [6.45, 7) is 5.06. The molecule has 0 spiro atoms. The standard InChI is InChI=1S/C15H22N4O2/c1-11-17-13(15(20)19-6-2-3-7-19)9-14(18-11)16-10-12-5-4-8-21-12/h9,12H,2-8,10H2,1H3,(H,16,17,18)/t12-/m0/s1. The van der Waals surface area contributed by atoms with Gasteiger partial charge in [0.15, 0.2) is 0 Å². The Labute approximate surface area is 124 Å².